The van der Waals surface area contributed by atoms with E-state index in [1.165, 1.54) is 0 Å². The highest BCUT2D eigenvalue weighted by atomic mass is 35.5. The van der Waals surface area contributed by atoms with Crippen LogP contribution >= 0.6 is 11.6 Å². The van der Waals surface area contributed by atoms with Gasteiger partial charge in [0.05, 0.1) is 11.6 Å². The number of rotatable bonds is 1. The molecule has 1 aromatic carbocycles. The number of aryl methyl sites for hydroxylation is 1. The second-order valence-corrected chi connectivity index (χ2v) is 5.84. The lowest BCUT2D eigenvalue weighted by Crippen LogP contribution is -2.25. The summed E-state index contributed by atoms with van der Waals surface area (Å²) in [4.78, 5) is 15.9. The monoisotopic (exact) mass is 320 g/mol. The SMILES string of the molecule is NC(N)=NC(=O)c1cc2c(Cl)ccc3c2n1CCCCC3O. The summed E-state index contributed by atoms with van der Waals surface area (Å²) in [6.45, 7) is 0.657. The highest BCUT2D eigenvalue weighted by Crippen LogP contribution is 2.36. The zero-order valence-electron chi connectivity index (χ0n) is 11.9. The Hall–Kier alpha value is -2.05. The molecule has 1 aromatic heterocycles. The largest absolute Gasteiger partial charge is 0.388 e. The van der Waals surface area contributed by atoms with Crippen molar-refractivity contribution in [1.29, 1.82) is 0 Å². The van der Waals surface area contributed by atoms with Gasteiger partial charge in [-0.15, -0.1) is 0 Å². The fraction of sp³-hybridized carbons (Fsp3) is 0.333. The number of carbonyl (C=O) groups excluding carboxylic acids is 1. The number of aliphatic hydroxyl groups is 1. The van der Waals surface area contributed by atoms with Gasteiger partial charge in [-0.05, 0) is 31.4 Å². The Labute approximate surface area is 132 Å². The van der Waals surface area contributed by atoms with Crippen LogP contribution in [0.15, 0.2) is 23.2 Å². The lowest BCUT2D eigenvalue weighted by atomic mass is 10.00. The summed E-state index contributed by atoms with van der Waals surface area (Å²) in [5, 5.41) is 11.6. The number of amides is 1. The minimum Gasteiger partial charge on any atom is -0.388 e. The summed E-state index contributed by atoms with van der Waals surface area (Å²) < 4.78 is 1.85. The molecule has 22 heavy (non-hydrogen) atoms. The number of aliphatic hydroxyl groups excluding tert-OH is 1. The van der Waals surface area contributed by atoms with E-state index in [0.29, 0.717) is 23.7 Å². The summed E-state index contributed by atoms with van der Waals surface area (Å²) in [6.07, 6.45) is 1.85. The molecule has 5 N–H and O–H groups in total. The Morgan fingerprint density at radius 1 is 1.36 bits per heavy atom. The number of guanidine groups is 1. The Morgan fingerprint density at radius 3 is 2.86 bits per heavy atom. The molecular weight excluding hydrogens is 304 g/mol. The van der Waals surface area contributed by atoms with Crippen molar-refractivity contribution in [2.45, 2.75) is 31.9 Å². The average molecular weight is 321 g/mol. The van der Waals surface area contributed by atoms with Crippen molar-refractivity contribution >= 4 is 34.4 Å². The highest BCUT2D eigenvalue weighted by Gasteiger charge is 2.23. The lowest BCUT2D eigenvalue weighted by molar-refractivity contribution is 0.0993. The molecule has 1 unspecified atom stereocenters. The van der Waals surface area contributed by atoms with Gasteiger partial charge in [-0.25, -0.2) is 0 Å². The zero-order chi connectivity index (χ0) is 15.9. The van der Waals surface area contributed by atoms with Crippen molar-refractivity contribution in [3.05, 3.63) is 34.5 Å². The molecule has 0 bridgehead atoms. The summed E-state index contributed by atoms with van der Waals surface area (Å²) in [7, 11) is 0. The second kappa shape index (κ2) is 5.62. The van der Waals surface area contributed by atoms with E-state index in [1.54, 1.807) is 12.1 Å². The number of benzene rings is 1. The third-order valence-corrected chi connectivity index (χ3v) is 4.28. The molecule has 1 aliphatic heterocycles. The van der Waals surface area contributed by atoms with E-state index < -0.39 is 12.0 Å². The Bertz CT molecular complexity index is 777. The minimum atomic E-state index is -0.570. The van der Waals surface area contributed by atoms with Crippen molar-refractivity contribution in [3.8, 4) is 0 Å². The first-order chi connectivity index (χ1) is 10.5. The molecule has 0 spiro atoms. The summed E-state index contributed by atoms with van der Waals surface area (Å²) in [6, 6.07) is 5.24. The number of aromatic nitrogens is 1. The number of nitrogens with two attached hydrogens (primary N) is 2. The van der Waals surface area contributed by atoms with Gasteiger partial charge in [-0.3, -0.25) is 4.79 Å². The Morgan fingerprint density at radius 2 is 2.14 bits per heavy atom. The van der Waals surface area contributed by atoms with Crippen molar-refractivity contribution < 1.29 is 9.90 Å². The van der Waals surface area contributed by atoms with Gasteiger partial charge in [-0.2, -0.15) is 4.99 Å². The van der Waals surface area contributed by atoms with Gasteiger partial charge in [0.1, 0.15) is 5.69 Å². The van der Waals surface area contributed by atoms with Crippen LogP contribution in [-0.2, 0) is 6.54 Å². The van der Waals surface area contributed by atoms with Gasteiger partial charge < -0.3 is 21.1 Å². The van der Waals surface area contributed by atoms with Gasteiger partial charge in [-0.1, -0.05) is 17.7 Å². The third kappa shape index (κ3) is 2.44. The molecule has 0 fully saturated rings. The number of aliphatic imine (C=N–C) groups is 1. The molecular formula is C15H17ClN4O2. The molecule has 0 saturated carbocycles. The predicted molar refractivity (Wildman–Crippen MR) is 85.9 cm³/mol. The minimum absolute atomic E-state index is 0.278. The van der Waals surface area contributed by atoms with Crippen molar-refractivity contribution in [2.75, 3.05) is 0 Å². The topological polar surface area (TPSA) is 107 Å². The van der Waals surface area contributed by atoms with E-state index in [0.717, 1.165) is 29.3 Å². The molecule has 6 nitrogen and oxygen atoms in total. The van der Waals surface area contributed by atoms with E-state index in [1.807, 2.05) is 10.6 Å². The number of carbonyl (C=O) groups is 1. The molecule has 7 heteroatoms. The summed E-state index contributed by atoms with van der Waals surface area (Å²) >= 11 is 6.26. The van der Waals surface area contributed by atoms with Crippen LogP contribution in [0.2, 0.25) is 5.02 Å². The van der Waals surface area contributed by atoms with Gasteiger partial charge in [0.2, 0.25) is 0 Å². The van der Waals surface area contributed by atoms with Crippen molar-refractivity contribution in [1.82, 2.24) is 4.57 Å². The van der Waals surface area contributed by atoms with E-state index in [9.17, 15) is 9.90 Å². The van der Waals surface area contributed by atoms with Gasteiger partial charge in [0.15, 0.2) is 5.96 Å². The lowest BCUT2D eigenvalue weighted by Gasteiger charge is -2.19. The highest BCUT2D eigenvalue weighted by molar-refractivity contribution is 6.35. The number of hydrogen-bond donors (Lipinski definition) is 3. The smallest absolute Gasteiger partial charge is 0.296 e. The van der Waals surface area contributed by atoms with E-state index in [-0.39, 0.29) is 5.96 Å². The van der Waals surface area contributed by atoms with Crippen LogP contribution in [0.25, 0.3) is 10.9 Å². The standard InChI is InChI=1S/C15H17ClN4O2/c16-10-5-4-8-12(21)3-1-2-6-20-11(7-9(10)13(8)20)14(22)19-15(17)18/h4-5,7,12,21H,1-3,6H2,(H4,17,18,19,22). The average Bonchev–Trinajstić information content (AvgIpc) is 2.81. The molecule has 0 saturated heterocycles. The molecule has 3 rings (SSSR count). The Kier molecular flexibility index (Phi) is 3.80. The van der Waals surface area contributed by atoms with Crippen LogP contribution in [0, 0.1) is 0 Å². The number of nitrogens with zero attached hydrogens (tertiary/aromatic N) is 2. The molecule has 2 aromatic rings. The molecule has 0 aliphatic carbocycles. The van der Waals surface area contributed by atoms with Crippen LogP contribution in [0.3, 0.4) is 0 Å². The van der Waals surface area contributed by atoms with E-state index >= 15 is 0 Å². The van der Waals surface area contributed by atoms with Gasteiger partial charge in [0.25, 0.3) is 5.91 Å². The molecule has 1 amide bonds. The zero-order valence-corrected chi connectivity index (χ0v) is 12.7. The van der Waals surface area contributed by atoms with E-state index in [4.69, 9.17) is 23.1 Å². The quantitative estimate of drug-likeness (QED) is 0.551. The number of halogens is 1. The Balaban J connectivity index is 2.30. The third-order valence-electron chi connectivity index (χ3n) is 3.95. The van der Waals surface area contributed by atoms with Crippen LogP contribution < -0.4 is 11.5 Å². The van der Waals surface area contributed by atoms with Gasteiger partial charge in [0, 0.05) is 22.5 Å². The maximum Gasteiger partial charge on any atom is 0.296 e. The molecule has 0 radical (unpaired) electrons. The fourth-order valence-electron chi connectivity index (χ4n) is 2.99. The van der Waals surface area contributed by atoms with Crippen LogP contribution in [0.5, 0.6) is 0 Å². The van der Waals surface area contributed by atoms with E-state index in [2.05, 4.69) is 4.99 Å². The second-order valence-electron chi connectivity index (χ2n) is 5.43. The van der Waals surface area contributed by atoms with Crippen molar-refractivity contribution in [3.63, 3.8) is 0 Å². The molecule has 116 valence electrons. The molecule has 1 atom stereocenters. The first-order valence-corrected chi connectivity index (χ1v) is 7.50. The molecule has 2 heterocycles. The number of hydrogen-bond acceptors (Lipinski definition) is 2. The van der Waals surface area contributed by atoms with Crippen LogP contribution in [0.1, 0.15) is 41.4 Å². The normalized spacial score (nSPS) is 17.8. The first kappa shape index (κ1) is 14.9. The summed E-state index contributed by atoms with van der Waals surface area (Å²) in [5.41, 5.74) is 12.5. The van der Waals surface area contributed by atoms with Crippen LogP contribution in [0.4, 0.5) is 0 Å². The maximum absolute atomic E-state index is 12.3. The summed E-state index contributed by atoms with van der Waals surface area (Å²) in [5.74, 6) is -0.784. The van der Waals surface area contributed by atoms with Crippen LogP contribution in [-0.4, -0.2) is 21.5 Å². The van der Waals surface area contributed by atoms with Gasteiger partial charge >= 0.3 is 0 Å². The van der Waals surface area contributed by atoms with Crippen molar-refractivity contribution in [2.24, 2.45) is 16.5 Å². The molecule has 1 aliphatic rings. The fourth-order valence-corrected chi connectivity index (χ4v) is 3.20. The maximum atomic E-state index is 12.3. The predicted octanol–water partition coefficient (Wildman–Crippen LogP) is 1.93. The first-order valence-electron chi connectivity index (χ1n) is 7.12.